The lowest BCUT2D eigenvalue weighted by Gasteiger charge is -2.24. The van der Waals surface area contributed by atoms with Gasteiger partial charge >= 0.3 is 6.36 Å². The number of aromatic amines is 1. The molecule has 9 heteroatoms. The number of pyridine rings is 1. The molecule has 4 rings (SSSR count). The molecule has 0 aliphatic carbocycles. The number of ether oxygens (including phenoxy) is 2. The molecule has 0 saturated heterocycles. The number of aliphatic hydroxyl groups is 1. The van der Waals surface area contributed by atoms with E-state index >= 15 is 0 Å². The van der Waals surface area contributed by atoms with Crippen LogP contribution >= 0.6 is 0 Å². The zero-order valence-electron chi connectivity index (χ0n) is 21.2. The predicted molar refractivity (Wildman–Crippen MR) is 140 cm³/mol. The number of alkyl halides is 3. The highest BCUT2D eigenvalue weighted by Crippen LogP contribution is 2.29. The molecular weight excluding hydrogens is 495 g/mol. The molecule has 2 aromatic heterocycles. The van der Waals surface area contributed by atoms with Gasteiger partial charge in [-0.2, -0.15) is 0 Å². The number of nitrogens with one attached hydrogen (secondary N) is 1. The molecule has 4 aromatic rings. The zero-order valence-corrected chi connectivity index (χ0v) is 21.2. The monoisotopic (exact) mass is 523 g/mol. The molecule has 0 radical (unpaired) electrons. The first-order valence-electron chi connectivity index (χ1n) is 12.0. The van der Waals surface area contributed by atoms with Crippen LogP contribution in [0.2, 0.25) is 0 Å². The summed E-state index contributed by atoms with van der Waals surface area (Å²) in [4.78, 5) is 12.1. The van der Waals surface area contributed by atoms with Crippen LogP contribution < -0.4 is 9.47 Å². The number of imidazole rings is 1. The third-order valence-electron chi connectivity index (χ3n) is 5.85. The fourth-order valence-corrected chi connectivity index (χ4v) is 3.68. The van der Waals surface area contributed by atoms with Crippen LogP contribution in [0, 0.1) is 5.41 Å². The molecule has 0 amide bonds. The third kappa shape index (κ3) is 6.73. The summed E-state index contributed by atoms with van der Waals surface area (Å²) in [6.45, 7) is 6.18. The van der Waals surface area contributed by atoms with Crippen LogP contribution in [0.3, 0.4) is 0 Å². The Balaban J connectivity index is 1.40. The lowest BCUT2D eigenvalue weighted by atomic mass is 9.91. The first-order valence-corrected chi connectivity index (χ1v) is 12.0. The molecule has 0 saturated carbocycles. The largest absolute Gasteiger partial charge is 0.573 e. The van der Waals surface area contributed by atoms with E-state index in [0.29, 0.717) is 35.2 Å². The molecular formula is C29H28F3N3O3. The quantitative estimate of drug-likeness (QED) is 0.218. The summed E-state index contributed by atoms with van der Waals surface area (Å²) in [6, 6.07) is 16.9. The fourth-order valence-electron chi connectivity index (χ4n) is 3.68. The van der Waals surface area contributed by atoms with Crippen molar-refractivity contribution in [2.45, 2.75) is 33.6 Å². The van der Waals surface area contributed by atoms with E-state index in [9.17, 15) is 18.3 Å². The summed E-state index contributed by atoms with van der Waals surface area (Å²) in [5.74, 6) is 1.32. The molecule has 2 heterocycles. The van der Waals surface area contributed by atoms with Crippen molar-refractivity contribution in [2.24, 2.45) is 5.41 Å². The summed E-state index contributed by atoms with van der Waals surface area (Å²) in [5, 5.41) is 10.2. The average Bonchev–Trinajstić information content (AvgIpc) is 3.38. The SMILES string of the molecule is CC/C=C(\O)C(C)(C)COc1ccc(-c2ccc(-c3ncc(-c4ccc(OC(F)(F)F)cc4)[nH]3)cn2)cc1. The Hall–Kier alpha value is -4.27. The number of hydrogen-bond donors (Lipinski definition) is 2. The van der Waals surface area contributed by atoms with Crippen LogP contribution in [0.4, 0.5) is 13.2 Å². The van der Waals surface area contributed by atoms with Crippen molar-refractivity contribution >= 4 is 0 Å². The maximum absolute atomic E-state index is 12.4. The highest BCUT2D eigenvalue weighted by Gasteiger charge is 2.31. The van der Waals surface area contributed by atoms with E-state index in [1.165, 1.54) is 24.3 Å². The molecule has 6 nitrogen and oxygen atoms in total. The van der Waals surface area contributed by atoms with Gasteiger partial charge in [0.15, 0.2) is 0 Å². The second-order valence-corrected chi connectivity index (χ2v) is 9.34. The molecule has 0 aliphatic heterocycles. The topological polar surface area (TPSA) is 80.3 Å². The van der Waals surface area contributed by atoms with E-state index in [2.05, 4.69) is 19.7 Å². The number of benzene rings is 2. The van der Waals surface area contributed by atoms with Gasteiger partial charge in [0.2, 0.25) is 0 Å². The van der Waals surface area contributed by atoms with Gasteiger partial charge < -0.3 is 19.6 Å². The van der Waals surface area contributed by atoms with Crippen LogP contribution in [-0.4, -0.2) is 33.0 Å². The number of aliphatic hydroxyl groups excluding tert-OH is 1. The molecule has 0 bridgehead atoms. The Morgan fingerprint density at radius 1 is 0.868 bits per heavy atom. The van der Waals surface area contributed by atoms with Gasteiger partial charge in [0.25, 0.3) is 0 Å². The lowest BCUT2D eigenvalue weighted by Crippen LogP contribution is -2.24. The first kappa shape index (κ1) is 26.8. The number of hydrogen-bond acceptors (Lipinski definition) is 5. The maximum atomic E-state index is 12.4. The van der Waals surface area contributed by atoms with E-state index in [0.717, 1.165) is 23.2 Å². The summed E-state index contributed by atoms with van der Waals surface area (Å²) in [6.07, 6.45) is 1.13. The number of aromatic nitrogens is 3. The van der Waals surface area contributed by atoms with Crippen molar-refractivity contribution in [2.75, 3.05) is 6.61 Å². The van der Waals surface area contributed by atoms with Gasteiger partial charge in [-0.1, -0.05) is 6.92 Å². The van der Waals surface area contributed by atoms with Gasteiger partial charge in [-0.05, 0) is 92.6 Å². The summed E-state index contributed by atoms with van der Waals surface area (Å²) in [7, 11) is 0. The first-order chi connectivity index (χ1) is 18.0. The Morgan fingerprint density at radius 2 is 1.50 bits per heavy atom. The molecule has 0 fully saturated rings. The minimum atomic E-state index is -4.73. The molecule has 0 unspecified atom stereocenters. The molecule has 38 heavy (non-hydrogen) atoms. The van der Waals surface area contributed by atoms with Crippen LogP contribution in [0.5, 0.6) is 11.5 Å². The molecule has 198 valence electrons. The van der Waals surface area contributed by atoms with E-state index in [-0.39, 0.29) is 5.75 Å². The fraction of sp³-hybridized carbons (Fsp3) is 0.241. The van der Waals surface area contributed by atoms with Crippen LogP contribution in [0.1, 0.15) is 27.2 Å². The van der Waals surface area contributed by atoms with Gasteiger partial charge in [0.1, 0.15) is 23.9 Å². The smallest absolute Gasteiger partial charge is 0.512 e. The van der Waals surface area contributed by atoms with Gasteiger partial charge in [0.05, 0.1) is 28.8 Å². The average molecular weight is 524 g/mol. The van der Waals surface area contributed by atoms with Crippen molar-refractivity contribution in [3.05, 3.63) is 84.9 Å². The van der Waals surface area contributed by atoms with Gasteiger partial charge in [0, 0.05) is 17.3 Å². The predicted octanol–water partition coefficient (Wildman–Crippen LogP) is 7.96. The van der Waals surface area contributed by atoms with Crippen LogP contribution in [-0.2, 0) is 0 Å². The van der Waals surface area contributed by atoms with Crippen molar-refractivity contribution in [1.82, 2.24) is 15.0 Å². The number of nitrogens with zero attached hydrogens (tertiary/aromatic N) is 2. The Labute approximate surface area is 218 Å². The molecule has 2 aromatic carbocycles. The van der Waals surface area contributed by atoms with Gasteiger partial charge in [-0.15, -0.1) is 13.2 Å². The lowest BCUT2D eigenvalue weighted by molar-refractivity contribution is -0.274. The van der Waals surface area contributed by atoms with E-state index < -0.39 is 11.8 Å². The Morgan fingerprint density at radius 3 is 2.11 bits per heavy atom. The highest BCUT2D eigenvalue weighted by atomic mass is 19.4. The number of halogens is 3. The van der Waals surface area contributed by atoms with E-state index in [1.807, 2.05) is 57.2 Å². The Bertz CT molecular complexity index is 1380. The highest BCUT2D eigenvalue weighted by molar-refractivity contribution is 5.67. The van der Waals surface area contributed by atoms with Crippen molar-refractivity contribution in [3.63, 3.8) is 0 Å². The summed E-state index contributed by atoms with van der Waals surface area (Å²) in [5.41, 5.74) is 3.29. The van der Waals surface area contributed by atoms with Gasteiger partial charge in [-0.25, -0.2) is 4.98 Å². The molecule has 2 N–H and O–H groups in total. The van der Waals surface area contributed by atoms with E-state index in [4.69, 9.17) is 4.74 Å². The second-order valence-electron chi connectivity index (χ2n) is 9.34. The standard InChI is InChI=1S/C29H28F3N3O3/c1-4-5-26(36)28(2,3)18-37-22-11-6-19(7-12-22)24-15-10-21(16-33-24)27-34-17-25(35-27)20-8-13-23(14-9-20)38-29(30,31)32/h5-17,36H,4,18H2,1-3H3,(H,34,35)/b26-5-. The number of H-pyrrole nitrogens is 1. The van der Waals surface area contributed by atoms with Gasteiger partial charge in [-0.3, -0.25) is 4.98 Å². The van der Waals surface area contributed by atoms with Crippen LogP contribution in [0.15, 0.2) is 84.9 Å². The minimum Gasteiger partial charge on any atom is -0.512 e. The van der Waals surface area contributed by atoms with Crippen molar-refractivity contribution in [3.8, 4) is 45.4 Å². The number of rotatable bonds is 9. The second kappa shape index (κ2) is 11.0. The summed E-state index contributed by atoms with van der Waals surface area (Å²) < 4.78 is 46.9. The van der Waals surface area contributed by atoms with E-state index in [1.54, 1.807) is 18.5 Å². The molecule has 0 atom stereocenters. The Kier molecular flexibility index (Phi) is 7.75. The molecule has 0 aliphatic rings. The van der Waals surface area contributed by atoms with Crippen molar-refractivity contribution < 1.29 is 27.8 Å². The van der Waals surface area contributed by atoms with Crippen molar-refractivity contribution in [1.29, 1.82) is 0 Å². The molecule has 0 spiro atoms. The third-order valence-corrected chi connectivity index (χ3v) is 5.85. The minimum absolute atomic E-state index is 0.285. The maximum Gasteiger partial charge on any atom is 0.573 e. The number of allylic oxidation sites excluding steroid dienone is 1. The summed E-state index contributed by atoms with van der Waals surface area (Å²) >= 11 is 0. The zero-order chi connectivity index (χ0) is 27.3. The normalized spacial score (nSPS) is 12.4. The van der Waals surface area contributed by atoms with Crippen LogP contribution in [0.25, 0.3) is 33.9 Å².